The Morgan fingerprint density at radius 1 is 1.05 bits per heavy atom. The van der Waals surface area contributed by atoms with Crippen molar-refractivity contribution >= 4 is 40.1 Å². The van der Waals surface area contributed by atoms with Crippen LogP contribution in [0.2, 0.25) is 0 Å². The summed E-state index contributed by atoms with van der Waals surface area (Å²) >= 11 is 0. The molecule has 1 saturated heterocycles. The minimum absolute atomic E-state index is 0.414. The number of H-pyrrole nitrogens is 1. The Morgan fingerprint density at radius 3 is 2.73 bits per heavy atom. The lowest BCUT2D eigenvalue weighted by Gasteiger charge is -2.38. The third-order valence-electron chi connectivity index (χ3n) is 7.30. The summed E-state index contributed by atoms with van der Waals surface area (Å²) in [6.45, 7) is 5.05. The SMILES string of the molecule is Cc1cnc(Nc2ccc(N(C)[C@H]3CCCN(Cc4ccccc4)C3)nc2)nc1Nc1ccc2oc(=O)[nH]c2c1. The molecule has 0 saturated carbocycles. The van der Waals surface area contributed by atoms with Crippen LogP contribution in [0.15, 0.2) is 82.3 Å². The van der Waals surface area contributed by atoms with E-state index in [1.165, 1.54) is 12.0 Å². The Labute approximate surface area is 232 Å². The molecular weight excluding hydrogens is 504 g/mol. The van der Waals surface area contributed by atoms with Crippen molar-refractivity contribution in [3.05, 3.63) is 94.7 Å². The van der Waals surface area contributed by atoms with Gasteiger partial charge in [-0.2, -0.15) is 4.98 Å². The second-order valence-corrected chi connectivity index (χ2v) is 10.2. The number of benzene rings is 2. The second kappa shape index (κ2) is 11.2. The van der Waals surface area contributed by atoms with Gasteiger partial charge in [-0.05, 0) is 62.2 Å². The molecule has 10 heteroatoms. The van der Waals surface area contributed by atoms with E-state index in [2.05, 4.69) is 72.8 Å². The van der Waals surface area contributed by atoms with Gasteiger partial charge in [0.25, 0.3) is 0 Å². The molecule has 1 atom stereocenters. The number of nitrogens with one attached hydrogen (secondary N) is 3. The number of fused-ring (bicyclic) bond motifs is 1. The topological polar surface area (TPSA) is 115 Å². The first-order valence-electron chi connectivity index (χ1n) is 13.5. The van der Waals surface area contributed by atoms with Crippen LogP contribution in [0.25, 0.3) is 11.1 Å². The summed E-state index contributed by atoms with van der Waals surface area (Å²) in [6.07, 6.45) is 5.90. The molecule has 1 fully saturated rings. The molecule has 0 amide bonds. The molecule has 4 heterocycles. The van der Waals surface area contributed by atoms with Gasteiger partial charge in [-0.25, -0.2) is 14.8 Å². The predicted octanol–water partition coefficient (Wildman–Crippen LogP) is 5.20. The summed E-state index contributed by atoms with van der Waals surface area (Å²) in [4.78, 5) is 32.8. The van der Waals surface area contributed by atoms with Crippen molar-refractivity contribution in [3.63, 3.8) is 0 Å². The smallest absolute Gasteiger partial charge is 0.408 e. The third-order valence-corrected chi connectivity index (χ3v) is 7.30. The van der Waals surface area contributed by atoms with E-state index in [0.717, 1.165) is 48.8 Å². The number of pyridine rings is 1. The zero-order chi connectivity index (χ0) is 27.5. The van der Waals surface area contributed by atoms with Gasteiger partial charge in [0.2, 0.25) is 5.95 Å². The van der Waals surface area contributed by atoms with Crippen LogP contribution < -0.4 is 21.3 Å². The first kappa shape index (κ1) is 25.6. The number of hydrogen-bond donors (Lipinski definition) is 3. The number of aromatic nitrogens is 4. The van der Waals surface area contributed by atoms with E-state index < -0.39 is 5.76 Å². The molecule has 1 aliphatic heterocycles. The molecule has 2 aromatic carbocycles. The molecule has 0 unspecified atom stereocenters. The van der Waals surface area contributed by atoms with Gasteiger partial charge in [-0.1, -0.05) is 30.3 Å². The lowest BCUT2D eigenvalue weighted by atomic mass is 10.0. The number of rotatable bonds is 8. The van der Waals surface area contributed by atoms with Gasteiger partial charge in [0.05, 0.1) is 17.4 Å². The molecule has 40 heavy (non-hydrogen) atoms. The van der Waals surface area contributed by atoms with Crippen LogP contribution in [-0.2, 0) is 6.54 Å². The van der Waals surface area contributed by atoms with Crippen molar-refractivity contribution in [1.29, 1.82) is 0 Å². The van der Waals surface area contributed by atoms with E-state index in [1.807, 2.05) is 31.3 Å². The van der Waals surface area contributed by atoms with Gasteiger partial charge < -0.3 is 20.0 Å². The molecule has 0 bridgehead atoms. The maximum atomic E-state index is 11.5. The van der Waals surface area contributed by atoms with Crippen molar-refractivity contribution in [3.8, 4) is 0 Å². The Balaban J connectivity index is 1.10. The number of oxazole rings is 1. The average molecular weight is 537 g/mol. The number of aromatic amines is 1. The first-order chi connectivity index (χ1) is 19.5. The quantitative estimate of drug-likeness (QED) is 0.246. The summed E-state index contributed by atoms with van der Waals surface area (Å²) in [6, 6.07) is 20.5. The van der Waals surface area contributed by atoms with Crippen LogP contribution in [0.3, 0.4) is 0 Å². The average Bonchev–Trinajstić information content (AvgIpc) is 3.35. The van der Waals surface area contributed by atoms with Gasteiger partial charge in [0.15, 0.2) is 5.58 Å². The molecule has 3 N–H and O–H groups in total. The summed E-state index contributed by atoms with van der Waals surface area (Å²) in [5.41, 5.74) is 4.94. The summed E-state index contributed by atoms with van der Waals surface area (Å²) in [5.74, 6) is 1.57. The van der Waals surface area contributed by atoms with Gasteiger partial charge in [0.1, 0.15) is 11.6 Å². The third kappa shape index (κ3) is 5.81. The highest BCUT2D eigenvalue weighted by atomic mass is 16.4. The number of likely N-dealkylation sites (N-methyl/N-ethyl adjacent to an activating group) is 1. The number of hydrogen-bond acceptors (Lipinski definition) is 9. The molecule has 1 aliphatic rings. The van der Waals surface area contributed by atoms with Gasteiger partial charge in [-0.3, -0.25) is 9.88 Å². The highest BCUT2D eigenvalue weighted by Gasteiger charge is 2.24. The number of nitrogens with zero attached hydrogens (tertiary/aromatic N) is 5. The fourth-order valence-electron chi connectivity index (χ4n) is 5.11. The maximum absolute atomic E-state index is 11.5. The van der Waals surface area contributed by atoms with E-state index in [-0.39, 0.29) is 0 Å². The normalized spacial score (nSPS) is 15.7. The van der Waals surface area contributed by atoms with E-state index in [0.29, 0.717) is 28.9 Å². The first-order valence-corrected chi connectivity index (χ1v) is 13.5. The molecular formula is C30H32N8O2. The van der Waals surface area contributed by atoms with Crippen LogP contribution in [0, 0.1) is 6.92 Å². The Hall–Kier alpha value is -4.70. The minimum atomic E-state index is -0.480. The van der Waals surface area contributed by atoms with Crippen molar-refractivity contribution in [1.82, 2.24) is 24.8 Å². The van der Waals surface area contributed by atoms with Crippen molar-refractivity contribution < 1.29 is 4.42 Å². The number of anilines is 5. The molecule has 5 aromatic rings. The lowest BCUT2D eigenvalue weighted by Crippen LogP contribution is -2.46. The van der Waals surface area contributed by atoms with Crippen LogP contribution >= 0.6 is 0 Å². The van der Waals surface area contributed by atoms with Crippen LogP contribution in [-0.4, -0.2) is 51.0 Å². The van der Waals surface area contributed by atoms with Crippen LogP contribution in [0.1, 0.15) is 24.0 Å². The lowest BCUT2D eigenvalue weighted by molar-refractivity contribution is 0.198. The summed E-state index contributed by atoms with van der Waals surface area (Å²) < 4.78 is 5.08. The van der Waals surface area contributed by atoms with Gasteiger partial charge in [-0.15, -0.1) is 0 Å². The van der Waals surface area contributed by atoms with Gasteiger partial charge in [0, 0.05) is 43.6 Å². The Morgan fingerprint density at radius 2 is 1.90 bits per heavy atom. The molecule has 3 aromatic heterocycles. The molecule has 10 nitrogen and oxygen atoms in total. The Bertz CT molecular complexity index is 1650. The van der Waals surface area contributed by atoms with Gasteiger partial charge >= 0.3 is 5.76 Å². The van der Waals surface area contributed by atoms with Crippen LogP contribution in [0.5, 0.6) is 0 Å². The minimum Gasteiger partial charge on any atom is -0.408 e. The largest absolute Gasteiger partial charge is 0.417 e. The van der Waals surface area contributed by atoms with Crippen molar-refractivity contribution in [2.45, 2.75) is 32.4 Å². The fourth-order valence-corrected chi connectivity index (χ4v) is 5.11. The highest BCUT2D eigenvalue weighted by molar-refractivity contribution is 5.78. The zero-order valence-electron chi connectivity index (χ0n) is 22.6. The zero-order valence-corrected chi connectivity index (χ0v) is 22.6. The summed E-state index contributed by atoms with van der Waals surface area (Å²) in [5, 5.41) is 6.55. The van der Waals surface area contributed by atoms with E-state index in [9.17, 15) is 4.79 Å². The number of piperidine rings is 1. The van der Waals surface area contributed by atoms with Crippen LogP contribution in [0.4, 0.5) is 29.0 Å². The second-order valence-electron chi connectivity index (χ2n) is 10.2. The standard InChI is InChI=1S/C30H32N8O2/c1-20-16-32-29(36-28(20)33-22-10-12-26-25(15-22)35-30(39)40-26)34-23-11-13-27(31-17-23)37(2)24-9-6-14-38(19-24)18-21-7-4-3-5-8-21/h3-5,7-8,10-13,15-17,24H,6,9,14,18-19H2,1-2H3,(H,35,39)(H2,32,33,34,36)/t24-/m0/s1. The number of likely N-dealkylation sites (tertiary alicyclic amines) is 1. The molecule has 0 spiro atoms. The van der Waals surface area contributed by atoms with E-state index >= 15 is 0 Å². The van der Waals surface area contributed by atoms with Crippen molar-refractivity contribution in [2.75, 3.05) is 35.7 Å². The summed E-state index contributed by atoms with van der Waals surface area (Å²) in [7, 11) is 2.13. The predicted molar refractivity (Wildman–Crippen MR) is 158 cm³/mol. The van der Waals surface area contributed by atoms with Crippen molar-refractivity contribution in [2.24, 2.45) is 0 Å². The Kier molecular flexibility index (Phi) is 7.15. The molecule has 6 rings (SSSR count). The number of aryl methyl sites for hydroxylation is 1. The van der Waals surface area contributed by atoms with E-state index in [4.69, 9.17) is 9.40 Å². The maximum Gasteiger partial charge on any atom is 0.417 e. The highest BCUT2D eigenvalue weighted by Crippen LogP contribution is 2.25. The molecule has 0 radical (unpaired) electrons. The fraction of sp³-hybridized carbons (Fsp3) is 0.267. The molecule has 204 valence electrons. The molecule has 0 aliphatic carbocycles. The monoisotopic (exact) mass is 536 g/mol. The van der Waals surface area contributed by atoms with E-state index in [1.54, 1.807) is 18.3 Å².